The number of benzene rings is 1. The standard InChI is InChI=1S/C21H25N3O6/c1-4-21(5-2)19(27)24(20(28)23-21)11-18(26)29-12-17(25)22-13(3)16-10-14-8-6-7-9-15(14)30-16/h6-10,13H,4-5,11-12H2,1-3H3,(H,22,25)(H,23,28)/t13-/m1/s1. The number of carbonyl (C=O) groups is 4. The van der Waals surface area contributed by atoms with E-state index in [9.17, 15) is 19.2 Å². The Kier molecular flexibility index (Phi) is 6.09. The Morgan fingerprint density at radius 2 is 1.93 bits per heavy atom. The number of furan rings is 1. The minimum absolute atomic E-state index is 0.418. The van der Waals surface area contributed by atoms with Crippen molar-refractivity contribution in [3.8, 4) is 0 Å². The molecule has 0 unspecified atom stereocenters. The lowest BCUT2D eigenvalue weighted by atomic mass is 9.93. The van der Waals surface area contributed by atoms with Crippen LogP contribution in [0.3, 0.4) is 0 Å². The third kappa shape index (κ3) is 4.14. The molecule has 1 aliphatic rings. The molecule has 0 spiro atoms. The Morgan fingerprint density at radius 1 is 1.23 bits per heavy atom. The molecule has 1 aromatic heterocycles. The SMILES string of the molecule is CCC1(CC)NC(=O)N(CC(=O)OCC(=O)N[C@H](C)c2cc3ccccc3o2)C1=O. The molecule has 1 aromatic carbocycles. The molecule has 0 saturated carbocycles. The van der Waals surface area contributed by atoms with Crippen LogP contribution in [0.25, 0.3) is 11.0 Å². The van der Waals surface area contributed by atoms with Gasteiger partial charge in [-0.1, -0.05) is 32.0 Å². The van der Waals surface area contributed by atoms with Crippen LogP contribution in [0, 0.1) is 0 Å². The summed E-state index contributed by atoms with van der Waals surface area (Å²) in [4.78, 5) is 49.6. The maximum Gasteiger partial charge on any atom is 0.326 e. The molecule has 0 radical (unpaired) electrons. The highest BCUT2D eigenvalue weighted by molar-refractivity contribution is 6.08. The topological polar surface area (TPSA) is 118 Å². The Bertz CT molecular complexity index is 945. The summed E-state index contributed by atoms with van der Waals surface area (Å²) in [7, 11) is 0. The largest absolute Gasteiger partial charge is 0.459 e. The van der Waals surface area contributed by atoms with Gasteiger partial charge in [-0.15, -0.1) is 0 Å². The van der Waals surface area contributed by atoms with Crippen molar-refractivity contribution in [1.29, 1.82) is 0 Å². The highest BCUT2D eigenvalue weighted by Crippen LogP contribution is 2.25. The average molecular weight is 415 g/mol. The van der Waals surface area contributed by atoms with Crippen molar-refractivity contribution >= 4 is 34.8 Å². The van der Waals surface area contributed by atoms with Crippen molar-refractivity contribution in [2.24, 2.45) is 0 Å². The normalized spacial score (nSPS) is 16.4. The van der Waals surface area contributed by atoms with Crippen LogP contribution in [0.5, 0.6) is 0 Å². The zero-order chi connectivity index (χ0) is 21.9. The van der Waals surface area contributed by atoms with E-state index in [-0.39, 0.29) is 0 Å². The van der Waals surface area contributed by atoms with E-state index in [1.165, 1.54) is 0 Å². The summed E-state index contributed by atoms with van der Waals surface area (Å²) in [6.45, 7) is 4.26. The lowest BCUT2D eigenvalue weighted by Gasteiger charge is -2.22. The lowest BCUT2D eigenvalue weighted by Crippen LogP contribution is -2.46. The van der Waals surface area contributed by atoms with Crippen LogP contribution in [0.4, 0.5) is 4.79 Å². The van der Waals surface area contributed by atoms with Gasteiger partial charge in [0, 0.05) is 5.39 Å². The number of carbonyl (C=O) groups excluding carboxylic acids is 4. The molecular weight excluding hydrogens is 390 g/mol. The van der Waals surface area contributed by atoms with Crippen LogP contribution < -0.4 is 10.6 Å². The van der Waals surface area contributed by atoms with Gasteiger partial charge in [0.25, 0.3) is 11.8 Å². The summed E-state index contributed by atoms with van der Waals surface area (Å²) in [5, 5.41) is 6.24. The molecule has 0 aliphatic carbocycles. The van der Waals surface area contributed by atoms with Crippen LogP contribution in [0.1, 0.15) is 45.4 Å². The third-order valence-electron chi connectivity index (χ3n) is 5.35. The summed E-state index contributed by atoms with van der Waals surface area (Å²) < 4.78 is 10.6. The van der Waals surface area contributed by atoms with Crippen LogP contribution in [0.2, 0.25) is 0 Å². The minimum atomic E-state index is -0.989. The monoisotopic (exact) mass is 415 g/mol. The highest BCUT2D eigenvalue weighted by Gasteiger charge is 2.49. The number of ether oxygens (including phenoxy) is 1. The van der Waals surface area contributed by atoms with E-state index in [0.717, 1.165) is 10.3 Å². The van der Waals surface area contributed by atoms with Gasteiger partial charge < -0.3 is 19.8 Å². The number of amides is 4. The third-order valence-corrected chi connectivity index (χ3v) is 5.35. The number of rotatable bonds is 8. The summed E-state index contributed by atoms with van der Waals surface area (Å²) in [5.74, 6) is -1.25. The first-order chi connectivity index (χ1) is 14.3. The minimum Gasteiger partial charge on any atom is -0.459 e. The molecule has 3 rings (SSSR count). The lowest BCUT2D eigenvalue weighted by molar-refractivity contribution is -0.151. The molecule has 0 bridgehead atoms. The molecule has 1 saturated heterocycles. The number of nitrogens with zero attached hydrogens (tertiary/aromatic N) is 1. The number of hydrogen-bond acceptors (Lipinski definition) is 6. The zero-order valence-corrected chi connectivity index (χ0v) is 17.2. The second kappa shape index (κ2) is 8.56. The first-order valence-electron chi connectivity index (χ1n) is 9.87. The Balaban J connectivity index is 1.50. The second-order valence-electron chi connectivity index (χ2n) is 7.25. The van der Waals surface area contributed by atoms with Crippen molar-refractivity contribution in [3.63, 3.8) is 0 Å². The molecule has 1 aliphatic heterocycles. The number of fused-ring (bicyclic) bond motifs is 1. The predicted molar refractivity (Wildman–Crippen MR) is 107 cm³/mol. The molecular formula is C21H25N3O6. The van der Waals surface area contributed by atoms with E-state index < -0.39 is 48.5 Å². The van der Waals surface area contributed by atoms with Crippen molar-refractivity contribution < 1.29 is 28.3 Å². The molecule has 30 heavy (non-hydrogen) atoms. The van der Waals surface area contributed by atoms with E-state index in [2.05, 4.69) is 10.6 Å². The first-order valence-corrected chi connectivity index (χ1v) is 9.87. The van der Waals surface area contributed by atoms with E-state index in [0.29, 0.717) is 24.2 Å². The summed E-state index contributed by atoms with van der Waals surface area (Å²) >= 11 is 0. The molecule has 2 heterocycles. The summed E-state index contributed by atoms with van der Waals surface area (Å²) in [5.41, 5.74) is -0.277. The van der Waals surface area contributed by atoms with Gasteiger partial charge in [0.2, 0.25) is 0 Å². The van der Waals surface area contributed by atoms with Gasteiger partial charge in [0.15, 0.2) is 6.61 Å². The van der Waals surface area contributed by atoms with Crippen LogP contribution in [-0.4, -0.2) is 47.4 Å². The number of urea groups is 1. The molecule has 1 fully saturated rings. The number of esters is 1. The maximum atomic E-state index is 12.5. The summed E-state index contributed by atoms with van der Waals surface area (Å²) in [6.07, 6.45) is 0.837. The number of hydrogen-bond donors (Lipinski definition) is 2. The fraction of sp³-hybridized carbons (Fsp3) is 0.429. The smallest absolute Gasteiger partial charge is 0.326 e. The van der Waals surface area contributed by atoms with Gasteiger partial charge in [-0.05, 0) is 31.9 Å². The van der Waals surface area contributed by atoms with E-state index >= 15 is 0 Å². The maximum absolute atomic E-state index is 12.5. The zero-order valence-electron chi connectivity index (χ0n) is 17.2. The first kappa shape index (κ1) is 21.4. The number of imide groups is 1. The van der Waals surface area contributed by atoms with Gasteiger partial charge in [0.1, 0.15) is 23.4 Å². The second-order valence-corrected chi connectivity index (χ2v) is 7.25. The van der Waals surface area contributed by atoms with Gasteiger partial charge in [-0.2, -0.15) is 0 Å². The van der Waals surface area contributed by atoms with Crippen molar-refractivity contribution in [2.45, 2.75) is 45.2 Å². The molecule has 1 atom stereocenters. The Morgan fingerprint density at radius 3 is 2.57 bits per heavy atom. The van der Waals surface area contributed by atoms with Crippen molar-refractivity contribution in [3.05, 3.63) is 36.1 Å². The molecule has 2 aromatic rings. The fourth-order valence-corrected chi connectivity index (χ4v) is 3.44. The summed E-state index contributed by atoms with van der Waals surface area (Å²) in [6, 6.07) is 8.25. The number of para-hydroxylation sites is 1. The van der Waals surface area contributed by atoms with Gasteiger partial charge in [-0.25, -0.2) is 4.79 Å². The Labute approximate surface area is 173 Å². The van der Waals surface area contributed by atoms with Crippen molar-refractivity contribution in [2.75, 3.05) is 13.2 Å². The van der Waals surface area contributed by atoms with E-state index in [4.69, 9.17) is 9.15 Å². The Hall–Kier alpha value is -3.36. The fourth-order valence-electron chi connectivity index (χ4n) is 3.44. The highest BCUT2D eigenvalue weighted by atomic mass is 16.5. The van der Waals surface area contributed by atoms with Crippen LogP contribution in [0.15, 0.2) is 34.7 Å². The van der Waals surface area contributed by atoms with Gasteiger partial charge in [0.05, 0.1) is 6.04 Å². The van der Waals surface area contributed by atoms with Crippen LogP contribution >= 0.6 is 0 Å². The van der Waals surface area contributed by atoms with E-state index in [1.54, 1.807) is 20.8 Å². The van der Waals surface area contributed by atoms with E-state index in [1.807, 2.05) is 30.3 Å². The predicted octanol–water partition coefficient (Wildman–Crippen LogP) is 2.26. The number of nitrogens with one attached hydrogen (secondary N) is 2. The molecule has 160 valence electrons. The van der Waals surface area contributed by atoms with Crippen LogP contribution in [-0.2, 0) is 19.1 Å². The molecule has 9 nitrogen and oxygen atoms in total. The van der Waals surface area contributed by atoms with Gasteiger partial charge >= 0.3 is 12.0 Å². The van der Waals surface area contributed by atoms with Gasteiger partial charge in [-0.3, -0.25) is 19.3 Å². The molecule has 9 heteroatoms. The molecule has 2 N–H and O–H groups in total. The quantitative estimate of drug-likeness (QED) is 0.504. The molecule has 4 amide bonds. The van der Waals surface area contributed by atoms with Crippen molar-refractivity contribution in [1.82, 2.24) is 15.5 Å². The average Bonchev–Trinajstić information content (AvgIpc) is 3.27.